The van der Waals surface area contributed by atoms with Gasteiger partial charge < -0.3 is 5.32 Å². The van der Waals surface area contributed by atoms with Gasteiger partial charge in [-0.1, -0.05) is 17.7 Å². The van der Waals surface area contributed by atoms with E-state index >= 15 is 0 Å². The number of nitrogens with zero attached hydrogens (tertiary/aromatic N) is 3. The normalized spacial score (nSPS) is 11.5. The van der Waals surface area contributed by atoms with Crippen LogP contribution in [0.1, 0.15) is 43.2 Å². The SMILES string of the molecule is Cc1cc(C)nc(C(C#N)C(=O)c2ccc(Cl)c(NC(=O)c3cccs3)c2)n1. The summed E-state index contributed by atoms with van der Waals surface area (Å²) in [5.41, 5.74) is 1.88. The lowest BCUT2D eigenvalue weighted by atomic mass is 9.97. The highest BCUT2D eigenvalue weighted by molar-refractivity contribution is 7.12. The summed E-state index contributed by atoms with van der Waals surface area (Å²) < 4.78 is 0. The van der Waals surface area contributed by atoms with E-state index in [4.69, 9.17) is 11.6 Å². The van der Waals surface area contributed by atoms with E-state index in [0.717, 1.165) is 0 Å². The number of halogens is 1. The highest BCUT2D eigenvalue weighted by Crippen LogP contribution is 2.27. The molecular weight excluding hydrogens is 396 g/mol. The molecule has 1 unspecified atom stereocenters. The molecule has 0 aliphatic rings. The average Bonchev–Trinajstić information content (AvgIpc) is 3.18. The molecule has 1 N–H and O–H groups in total. The first-order chi connectivity index (χ1) is 13.4. The van der Waals surface area contributed by atoms with E-state index in [-0.39, 0.29) is 22.3 Å². The van der Waals surface area contributed by atoms with Gasteiger partial charge in [0, 0.05) is 17.0 Å². The maximum atomic E-state index is 12.9. The van der Waals surface area contributed by atoms with Gasteiger partial charge in [-0.25, -0.2) is 9.97 Å². The lowest BCUT2D eigenvalue weighted by molar-refractivity contribution is 0.0974. The van der Waals surface area contributed by atoms with Crippen LogP contribution < -0.4 is 5.32 Å². The third-order valence-electron chi connectivity index (χ3n) is 3.89. The number of aromatic nitrogens is 2. The number of Topliss-reactive ketones (excluding diaryl/α,β-unsaturated/α-hetero) is 1. The van der Waals surface area contributed by atoms with Crippen molar-refractivity contribution in [1.82, 2.24) is 9.97 Å². The van der Waals surface area contributed by atoms with Crippen molar-refractivity contribution in [1.29, 1.82) is 5.26 Å². The van der Waals surface area contributed by atoms with Crippen molar-refractivity contribution in [2.24, 2.45) is 0 Å². The summed E-state index contributed by atoms with van der Waals surface area (Å²) >= 11 is 7.46. The number of benzene rings is 1. The van der Waals surface area contributed by atoms with Crippen molar-refractivity contribution in [3.63, 3.8) is 0 Å². The van der Waals surface area contributed by atoms with Crippen molar-refractivity contribution in [2.45, 2.75) is 19.8 Å². The van der Waals surface area contributed by atoms with E-state index in [1.165, 1.54) is 29.5 Å². The third-order valence-corrected chi connectivity index (χ3v) is 5.09. The van der Waals surface area contributed by atoms with Crippen molar-refractivity contribution in [3.8, 4) is 6.07 Å². The molecule has 140 valence electrons. The molecule has 2 aromatic heterocycles. The smallest absolute Gasteiger partial charge is 0.265 e. The van der Waals surface area contributed by atoms with E-state index in [1.54, 1.807) is 37.4 Å². The summed E-state index contributed by atoms with van der Waals surface area (Å²) in [4.78, 5) is 34.2. The quantitative estimate of drug-likeness (QED) is 0.622. The molecule has 3 aromatic rings. The number of nitrogens with one attached hydrogen (secondary N) is 1. The van der Waals surface area contributed by atoms with Crippen LogP contribution in [-0.2, 0) is 0 Å². The standard InChI is InChI=1S/C20H15ClN4O2S/c1-11-8-12(2)24-19(23-11)14(10-22)18(26)13-5-6-15(21)16(9-13)25-20(27)17-4-3-7-28-17/h3-9,14H,1-2H3,(H,25,27). The monoisotopic (exact) mass is 410 g/mol. The molecule has 28 heavy (non-hydrogen) atoms. The maximum Gasteiger partial charge on any atom is 0.265 e. The molecule has 8 heteroatoms. The molecule has 0 radical (unpaired) electrons. The van der Waals surface area contributed by atoms with Gasteiger partial charge in [0.2, 0.25) is 0 Å². The molecule has 0 aliphatic heterocycles. The van der Waals surface area contributed by atoms with Gasteiger partial charge in [-0.3, -0.25) is 9.59 Å². The molecular formula is C20H15ClN4O2S. The Morgan fingerprint density at radius 1 is 1.18 bits per heavy atom. The van der Waals surface area contributed by atoms with Gasteiger partial charge >= 0.3 is 0 Å². The number of carbonyl (C=O) groups is 2. The molecule has 6 nitrogen and oxygen atoms in total. The van der Waals surface area contributed by atoms with Gasteiger partial charge in [0.05, 0.1) is 21.7 Å². The van der Waals surface area contributed by atoms with E-state index in [2.05, 4.69) is 15.3 Å². The third kappa shape index (κ3) is 4.25. The van der Waals surface area contributed by atoms with Crippen LogP contribution in [0.3, 0.4) is 0 Å². The summed E-state index contributed by atoms with van der Waals surface area (Å²) in [6, 6.07) is 11.7. The van der Waals surface area contributed by atoms with E-state index in [9.17, 15) is 14.9 Å². The van der Waals surface area contributed by atoms with Crippen LogP contribution in [0.15, 0.2) is 41.8 Å². The molecule has 0 fully saturated rings. The van der Waals surface area contributed by atoms with Gasteiger partial charge in [0.1, 0.15) is 0 Å². The fraction of sp³-hybridized carbons (Fsp3) is 0.150. The number of ketones is 1. The van der Waals surface area contributed by atoms with Gasteiger partial charge in [0.25, 0.3) is 5.91 Å². The minimum Gasteiger partial charge on any atom is -0.320 e. The van der Waals surface area contributed by atoms with E-state index < -0.39 is 11.7 Å². The zero-order chi connectivity index (χ0) is 20.3. The number of aryl methyl sites for hydroxylation is 2. The number of hydrogen-bond acceptors (Lipinski definition) is 6. The van der Waals surface area contributed by atoms with Crippen molar-refractivity contribution in [2.75, 3.05) is 5.32 Å². The van der Waals surface area contributed by atoms with Crippen molar-refractivity contribution < 1.29 is 9.59 Å². The second kappa shape index (κ2) is 8.30. The molecule has 0 saturated carbocycles. The van der Waals surface area contributed by atoms with Crippen LogP contribution in [-0.4, -0.2) is 21.7 Å². The predicted octanol–water partition coefficient (Wildman–Crippen LogP) is 4.55. The molecule has 1 amide bonds. The largest absolute Gasteiger partial charge is 0.320 e. The molecule has 0 spiro atoms. The fourth-order valence-corrected chi connectivity index (χ4v) is 3.43. The van der Waals surface area contributed by atoms with Crippen LogP contribution in [0, 0.1) is 25.2 Å². The lowest BCUT2D eigenvalue weighted by Crippen LogP contribution is -2.16. The van der Waals surface area contributed by atoms with Crippen molar-refractivity contribution >= 4 is 40.3 Å². The number of anilines is 1. The van der Waals surface area contributed by atoms with E-state index in [0.29, 0.717) is 22.0 Å². The Morgan fingerprint density at radius 3 is 2.50 bits per heavy atom. The van der Waals surface area contributed by atoms with Gasteiger partial charge in [-0.15, -0.1) is 11.3 Å². The molecule has 0 bridgehead atoms. The first kappa shape index (κ1) is 19.7. The summed E-state index contributed by atoms with van der Waals surface area (Å²) in [7, 11) is 0. The van der Waals surface area contributed by atoms with Gasteiger partial charge in [-0.05, 0) is 49.6 Å². The zero-order valence-electron chi connectivity index (χ0n) is 15.1. The highest BCUT2D eigenvalue weighted by atomic mass is 35.5. The number of amides is 1. The predicted molar refractivity (Wildman–Crippen MR) is 108 cm³/mol. The zero-order valence-corrected chi connectivity index (χ0v) is 16.6. The second-order valence-electron chi connectivity index (χ2n) is 6.06. The van der Waals surface area contributed by atoms with Gasteiger partial charge in [-0.2, -0.15) is 5.26 Å². The summed E-state index contributed by atoms with van der Waals surface area (Å²) in [5, 5.41) is 14.3. The first-order valence-corrected chi connectivity index (χ1v) is 9.55. The molecule has 3 rings (SSSR count). The van der Waals surface area contributed by atoms with Crippen LogP contribution in [0.5, 0.6) is 0 Å². The molecule has 2 heterocycles. The van der Waals surface area contributed by atoms with Crippen LogP contribution >= 0.6 is 22.9 Å². The topological polar surface area (TPSA) is 95.7 Å². The number of nitriles is 1. The van der Waals surface area contributed by atoms with Crippen LogP contribution in [0.2, 0.25) is 5.02 Å². The summed E-state index contributed by atoms with van der Waals surface area (Å²) in [6.07, 6.45) is 0. The summed E-state index contributed by atoms with van der Waals surface area (Å²) in [5.74, 6) is -1.78. The van der Waals surface area contributed by atoms with Crippen LogP contribution in [0.25, 0.3) is 0 Å². The number of hydrogen-bond donors (Lipinski definition) is 1. The molecule has 0 saturated heterocycles. The van der Waals surface area contributed by atoms with Crippen LogP contribution in [0.4, 0.5) is 5.69 Å². The Morgan fingerprint density at radius 2 is 1.89 bits per heavy atom. The average molecular weight is 411 g/mol. The Bertz CT molecular complexity index is 1070. The first-order valence-electron chi connectivity index (χ1n) is 8.29. The number of carbonyl (C=O) groups excluding carboxylic acids is 2. The Balaban J connectivity index is 1.91. The summed E-state index contributed by atoms with van der Waals surface area (Å²) in [6.45, 7) is 3.55. The minimum atomic E-state index is -1.15. The fourth-order valence-electron chi connectivity index (χ4n) is 2.65. The van der Waals surface area contributed by atoms with Crippen molar-refractivity contribution in [3.05, 3.63) is 74.5 Å². The Labute approximate surface area is 170 Å². The van der Waals surface area contributed by atoms with Gasteiger partial charge in [0.15, 0.2) is 17.5 Å². The second-order valence-corrected chi connectivity index (χ2v) is 7.42. The number of thiophene rings is 1. The Hall–Kier alpha value is -3.08. The van der Waals surface area contributed by atoms with E-state index in [1.807, 2.05) is 6.07 Å². The molecule has 1 atom stereocenters. The minimum absolute atomic E-state index is 0.157. The molecule has 0 aliphatic carbocycles. The Kier molecular flexibility index (Phi) is 5.83. The lowest BCUT2D eigenvalue weighted by Gasteiger charge is -2.11. The molecule has 1 aromatic carbocycles. The highest BCUT2D eigenvalue weighted by Gasteiger charge is 2.26. The maximum absolute atomic E-state index is 12.9. The number of rotatable bonds is 5.